The smallest absolute Gasteiger partial charge is 0.306 e. The van der Waals surface area contributed by atoms with Crippen molar-refractivity contribution in [3.8, 4) is 0 Å². The fourth-order valence-corrected chi connectivity index (χ4v) is 6.34. The summed E-state index contributed by atoms with van der Waals surface area (Å²) in [6.07, 6.45) is 64.3. The monoisotopic (exact) mass is 847 g/mol. The van der Waals surface area contributed by atoms with E-state index in [1.54, 1.807) is 0 Å². The van der Waals surface area contributed by atoms with E-state index >= 15 is 0 Å². The molecular weight excluding hydrogens is 757 g/mol. The molecule has 1 unspecified atom stereocenters. The molecule has 6 nitrogen and oxygen atoms in total. The summed E-state index contributed by atoms with van der Waals surface area (Å²) < 4.78 is 16.6. The second-order valence-corrected chi connectivity index (χ2v) is 16.0. The number of carbonyl (C=O) groups excluding carboxylic acids is 3. The first-order valence-electron chi connectivity index (χ1n) is 24.7. The molecule has 0 saturated heterocycles. The first-order valence-corrected chi connectivity index (χ1v) is 24.7. The van der Waals surface area contributed by atoms with Crippen molar-refractivity contribution >= 4 is 17.9 Å². The highest BCUT2D eigenvalue weighted by Crippen LogP contribution is 2.12. The Morgan fingerprint density at radius 3 is 1.07 bits per heavy atom. The van der Waals surface area contributed by atoms with Gasteiger partial charge in [0.1, 0.15) is 13.2 Å². The Bertz CT molecular complexity index is 1250. The maximum absolute atomic E-state index is 12.7. The number of hydrogen-bond acceptors (Lipinski definition) is 6. The normalized spacial score (nSPS) is 12.9. The average Bonchev–Trinajstić information content (AvgIpc) is 3.26. The summed E-state index contributed by atoms with van der Waals surface area (Å²) in [5.41, 5.74) is 0. The van der Waals surface area contributed by atoms with Crippen LogP contribution in [0.25, 0.3) is 0 Å². The molecule has 0 bridgehead atoms. The predicted octanol–water partition coefficient (Wildman–Crippen LogP) is 16.2. The maximum atomic E-state index is 12.7. The topological polar surface area (TPSA) is 78.9 Å². The highest BCUT2D eigenvalue weighted by molar-refractivity contribution is 5.71. The van der Waals surface area contributed by atoms with Gasteiger partial charge in [-0.05, 0) is 96.3 Å². The molecule has 346 valence electrons. The molecular formula is C55H90O6. The first kappa shape index (κ1) is 57.3. The van der Waals surface area contributed by atoms with Gasteiger partial charge in [-0.1, -0.05) is 195 Å². The molecule has 0 spiro atoms. The molecule has 1 atom stereocenters. The molecule has 6 heteroatoms. The maximum Gasteiger partial charge on any atom is 0.306 e. The minimum atomic E-state index is -0.785. The molecule has 0 aliphatic heterocycles. The van der Waals surface area contributed by atoms with E-state index in [0.29, 0.717) is 19.3 Å². The third-order valence-electron chi connectivity index (χ3n) is 10.1. The number of unbranched alkanes of at least 4 members (excludes halogenated alkanes) is 16. The van der Waals surface area contributed by atoms with Crippen molar-refractivity contribution < 1.29 is 28.6 Å². The fraction of sp³-hybridized carbons (Fsp3) is 0.655. The lowest BCUT2D eigenvalue weighted by Crippen LogP contribution is -2.30. The van der Waals surface area contributed by atoms with Crippen LogP contribution >= 0.6 is 0 Å². The Morgan fingerprint density at radius 1 is 0.344 bits per heavy atom. The van der Waals surface area contributed by atoms with Gasteiger partial charge in [0.15, 0.2) is 6.10 Å². The van der Waals surface area contributed by atoms with Gasteiger partial charge in [-0.2, -0.15) is 0 Å². The lowest BCUT2D eigenvalue weighted by Gasteiger charge is -2.18. The Morgan fingerprint density at radius 2 is 0.656 bits per heavy atom. The van der Waals surface area contributed by atoms with Gasteiger partial charge >= 0.3 is 17.9 Å². The van der Waals surface area contributed by atoms with Gasteiger partial charge in [0.05, 0.1) is 0 Å². The zero-order valence-electron chi connectivity index (χ0n) is 39.4. The Labute approximate surface area is 375 Å². The van der Waals surface area contributed by atoms with E-state index in [2.05, 4.69) is 118 Å². The van der Waals surface area contributed by atoms with Crippen molar-refractivity contribution in [2.24, 2.45) is 0 Å². The summed E-state index contributed by atoms with van der Waals surface area (Å²) in [6.45, 7) is 6.35. The van der Waals surface area contributed by atoms with E-state index in [4.69, 9.17) is 14.2 Å². The summed E-state index contributed by atoms with van der Waals surface area (Å²) in [4.78, 5) is 37.5. The number of allylic oxidation sites excluding steroid dienone is 16. The SMILES string of the molecule is CC/C=C\C/C=C\C/C=C\C/C=C\C/C=C\C/C=C\C/C=C\CCCCCCCC(=O)OCC(COC(=O)CCCCCCC)OC(=O)CCCCCCC/C=C\CCCC. The largest absolute Gasteiger partial charge is 0.462 e. The molecule has 0 aromatic rings. The van der Waals surface area contributed by atoms with Crippen molar-refractivity contribution in [1.82, 2.24) is 0 Å². The van der Waals surface area contributed by atoms with Crippen LogP contribution in [0.3, 0.4) is 0 Å². The molecule has 0 N–H and O–H groups in total. The molecule has 0 aliphatic carbocycles. The lowest BCUT2D eigenvalue weighted by molar-refractivity contribution is -0.167. The third-order valence-corrected chi connectivity index (χ3v) is 10.1. The Balaban J connectivity index is 4.17. The highest BCUT2D eigenvalue weighted by atomic mass is 16.6. The van der Waals surface area contributed by atoms with Gasteiger partial charge in [-0.3, -0.25) is 14.4 Å². The minimum absolute atomic E-state index is 0.0889. The van der Waals surface area contributed by atoms with Crippen molar-refractivity contribution in [3.63, 3.8) is 0 Å². The second-order valence-electron chi connectivity index (χ2n) is 16.0. The van der Waals surface area contributed by atoms with Gasteiger partial charge in [-0.15, -0.1) is 0 Å². The molecule has 0 saturated carbocycles. The van der Waals surface area contributed by atoms with Crippen LogP contribution in [0.4, 0.5) is 0 Å². The van der Waals surface area contributed by atoms with Crippen LogP contribution < -0.4 is 0 Å². The third kappa shape index (κ3) is 47.2. The Hall–Kier alpha value is -3.67. The quantitative estimate of drug-likeness (QED) is 0.0263. The van der Waals surface area contributed by atoms with E-state index in [1.807, 2.05) is 0 Å². The van der Waals surface area contributed by atoms with Crippen molar-refractivity contribution in [1.29, 1.82) is 0 Å². The zero-order chi connectivity index (χ0) is 44.4. The number of ether oxygens (including phenoxy) is 3. The average molecular weight is 847 g/mol. The van der Waals surface area contributed by atoms with Gasteiger partial charge in [0.25, 0.3) is 0 Å². The van der Waals surface area contributed by atoms with Crippen molar-refractivity contribution in [3.05, 3.63) is 97.2 Å². The van der Waals surface area contributed by atoms with E-state index in [1.165, 1.54) is 32.1 Å². The molecule has 0 amide bonds. The van der Waals surface area contributed by atoms with E-state index in [9.17, 15) is 14.4 Å². The van der Waals surface area contributed by atoms with Crippen LogP contribution in [0.5, 0.6) is 0 Å². The standard InChI is InChI=1S/C55H90O6/c1-4-7-10-13-15-17-19-20-21-22-23-24-25-26-27-28-29-30-31-32-33-34-36-37-39-42-45-48-54(57)60-51-52(50-59-53(56)47-44-41-12-9-6-3)61-55(58)49-46-43-40-38-35-18-16-14-11-8-5-2/h7,10,14-17,20-21,23-24,26-27,29-30,32-33,52H,4-6,8-9,11-13,18-19,22,25,28,31,34-51H2,1-3H3/b10-7-,16-14-,17-15-,21-20-,24-23-,27-26-,30-29-,33-32-. The molecule has 0 fully saturated rings. The molecule has 0 heterocycles. The molecule has 0 rings (SSSR count). The number of carbonyl (C=O) groups is 3. The van der Waals surface area contributed by atoms with Crippen LogP contribution in [0.15, 0.2) is 97.2 Å². The van der Waals surface area contributed by atoms with Gasteiger partial charge in [0, 0.05) is 19.3 Å². The zero-order valence-corrected chi connectivity index (χ0v) is 39.4. The molecule has 0 aromatic heterocycles. The van der Waals surface area contributed by atoms with E-state index in [-0.39, 0.29) is 31.1 Å². The van der Waals surface area contributed by atoms with Crippen LogP contribution in [0, 0.1) is 0 Å². The van der Waals surface area contributed by atoms with Crippen molar-refractivity contribution in [2.45, 2.75) is 219 Å². The van der Waals surface area contributed by atoms with Crippen LogP contribution in [-0.2, 0) is 28.6 Å². The van der Waals surface area contributed by atoms with Gasteiger partial charge in [0.2, 0.25) is 0 Å². The minimum Gasteiger partial charge on any atom is -0.462 e. The molecule has 61 heavy (non-hydrogen) atoms. The van der Waals surface area contributed by atoms with Crippen LogP contribution in [0.1, 0.15) is 213 Å². The summed E-state index contributed by atoms with van der Waals surface area (Å²) in [5.74, 6) is -0.940. The van der Waals surface area contributed by atoms with Crippen molar-refractivity contribution in [2.75, 3.05) is 13.2 Å². The summed E-state index contributed by atoms with van der Waals surface area (Å²) >= 11 is 0. The summed E-state index contributed by atoms with van der Waals surface area (Å²) in [6, 6.07) is 0. The van der Waals surface area contributed by atoms with Gasteiger partial charge in [-0.25, -0.2) is 0 Å². The molecule has 0 radical (unpaired) electrons. The highest BCUT2D eigenvalue weighted by Gasteiger charge is 2.19. The lowest BCUT2D eigenvalue weighted by atomic mass is 10.1. The van der Waals surface area contributed by atoms with Crippen LogP contribution in [0.2, 0.25) is 0 Å². The number of esters is 3. The fourth-order valence-electron chi connectivity index (χ4n) is 6.34. The first-order chi connectivity index (χ1) is 30.0. The van der Waals surface area contributed by atoms with Gasteiger partial charge < -0.3 is 14.2 Å². The summed E-state index contributed by atoms with van der Waals surface area (Å²) in [5, 5.41) is 0. The van der Waals surface area contributed by atoms with Crippen LogP contribution in [-0.4, -0.2) is 37.2 Å². The molecule has 0 aliphatic rings. The second kappa shape index (κ2) is 49.0. The number of rotatable bonds is 43. The molecule has 0 aromatic carbocycles. The van der Waals surface area contributed by atoms with E-state index < -0.39 is 6.10 Å². The predicted molar refractivity (Wildman–Crippen MR) is 260 cm³/mol. The number of hydrogen-bond donors (Lipinski definition) is 0. The Kier molecular flexibility index (Phi) is 46.0. The van der Waals surface area contributed by atoms with E-state index in [0.717, 1.165) is 141 Å². The summed E-state index contributed by atoms with van der Waals surface area (Å²) in [7, 11) is 0.